The van der Waals surface area contributed by atoms with Gasteiger partial charge >= 0.3 is 6.09 Å². The van der Waals surface area contributed by atoms with Crippen LogP contribution in [-0.2, 0) is 49.5 Å². The van der Waals surface area contributed by atoms with E-state index in [1.165, 1.54) is 5.56 Å². The normalized spacial score (nSPS) is 15.1. The molecule has 1 atom stereocenters. The number of fused-ring (bicyclic) bond motifs is 2. The van der Waals surface area contributed by atoms with Gasteiger partial charge in [-0.05, 0) is 135 Å². The summed E-state index contributed by atoms with van der Waals surface area (Å²) in [5.74, 6) is 0.333. The number of carbonyl (C=O) groups is 3. The van der Waals surface area contributed by atoms with Gasteiger partial charge in [0.2, 0.25) is 0 Å². The van der Waals surface area contributed by atoms with Crippen LogP contribution >= 0.6 is 0 Å². The van der Waals surface area contributed by atoms with Gasteiger partial charge in [0, 0.05) is 74.7 Å². The largest absolute Gasteiger partial charge is 0.543 e. The average Bonchev–Trinajstić information content (AvgIpc) is 3.75. The predicted octanol–water partition coefficient (Wildman–Crippen LogP) is 11.6. The topological polar surface area (TPSA) is 122 Å². The Morgan fingerprint density at radius 2 is 1.46 bits per heavy atom. The minimum Gasteiger partial charge on any atom is -0.543 e. The van der Waals surface area contributed by atoms with Crippen LogP contribution in [0.4, 0.5) is 16.2 Å². The molecule has 3 aromatic carbocycles. The molecule has 0 saturated heterocycles. The molecule has 12 nitrogen and oxygen atoms in total. The molecule has 360 valence electrons. The quantitative estimate of drug-likeness (QED) is 0.114. The molecule has 4 heterocycles. The Morgan fingerprint density at radius 3 is 2.04 bits per heavy atom. The molecule has 0 N–H and O–H groups in total. The van der Waals surface area contributed by atoms with Crippen LogP contribution in [0.3, 0.4) is 0 Å². The van der Waals surface area contributed by atoms with Crippen molar-refractivity contribution in [3.8, 4) is 23.1 Å². The predicted molar refractivity (Wildman–Crippen MR) is 271 cm³/mol. The van der Waals surface area contributed by atoms with Gasteiger partial charge in [-0.2, -0.15) is 5.26 Å². The monoisotopic (exact) mass is 939 g/mol. The molecule has 68 heavy (non-hydrogen) atoms. The number of carbonyl (C=O) groups excluding carboxylic acids is 3. The highest BCUT2D eigenvalue weighted by Crippen LogP contribution is 2.44. The first-order chi connectivity index (χ1) is 32.1. The van der Waals surface area contributed by atoms with Crippen molar-refractivity contribution in [2.45, 2.75) is 130 Å². The summed E-state index contributed by atoms with van der Waals surface area (Å²) in [6, 6.07) is 25.7. The summed E-state index contributed by atoms with van der Waals surface area (Å²) in [6.07, 6.45) is 0.814. The molecule has 7 rings (SSSR count). The number of aromatic nitrogens is 2. The zero-order valence-corrected chi connectivity index (χ0v) is 43.6. The van der Waals surface area contributed by atoms with E-state index in [9.17, 15) is 10.1 Å². The molecular formula is C55H70N6O6Si. The summed E-state index contributed by atoms with van der Waals surface area (Å²) >= 11 is 0. The van der Waals surface area contributed by atoms with E-state index in [1.54, 1.807) is 27.5 Å². The van der Waals surface area contributed by atoms with Gasteiger partial charge in [-0.25, -0.2) is 4.79 Å². The van der Waals surface area contributed by atoms with Crippen molar-refractivity contribution in [3.63, 3.8) is 0 Å². The van der Waals surface area contributed by atoms with E-state index in [2.05, 4.69) is 65.8 Å². The van der Waals surface area contributed by atoms with Gasteiger partial charge in [-0.15, -0.1) is 0 Å². The number of hydrogen-bond acceptors (Lipinski definition) is 7. The van der Waals surface area contributed by atoms with Crippen molar-refractivity contribution in [1.29, 1.82) is 5.26 Å². The van der Waals surface area contributed by atoms with Crippen molar-refractivity contribution < 1.29 is 28.3 Å². The minimum absolute atomic E-state index is 0.159. The third kappa shape index (κ3) is 9.37. The fourth-order valence-corrected chi connectivity index (χ4v) is 16.0. The van der Waals surface area contributed by atoms with Crippen LogP contribution in [0.25, 0.3) is 11.3 Å². The zero-order chi connectivity index (χ0) is 49.6. The van der Waals surface area contributed by atoms with Crippen molar-refractivity contribution in [2.24, 2.45) is 14.1 Å². The van der Waals surface area contributed by atoms with E-state index >= 15 is 9.59 Å². The second-order valence-electron chi connectivity index (χ2n) is 20.6. The lowest BCUT2D eigenvalue weighted by molar-refractivity contribution is 0.0224. The number of rotatable bonds is 12. The first-order valence-corrected chi connectivity index (χ1v) is 26.1. The third-order valence-corrected chi connectivity index (χ3v) is 20.4. The van der Waals surface area contributed by atoms with E-state index in [0.29, 0.717) is 101 Å². The number of nitrogens with zero attached hydrogens (tertiary/aromatic N) is 6. The van der Waals surface area contributed by atoms with Crippen molar-refractivity contribution in [2.75, 3.05) is 25.2 Å². The Bertz CT molecular complexity index is 2730. The molecule has 0 radical (unpaired) electrons. The van der Waals surface area contributed by atoms with Gasteiger partial charge in [0.1, 0.15) is 23.1 Å². The molecule has 0 aliphatic carbocycles. The molecule has 3 amide bonds. The second kappa shape index (κ2) is 19.5. The summed E-state index contributed by atoms with van der Waals surface area (Å²) in [5.41, 5.74) is 10.1. The first kappa shape index (κ1) is 49.8. The minimum atomic E-state index is -2.27. The molecule has 0 unspecified atom stereocenters. The van der Waals surface area contributed by atoms with Crippen LogP contribution in [0.1, 0.15) is 122 Å². The van der Waals surface area contributed by atoms with Crippen LogP contribution in [0.5, 0.6) is 5.75 Å². The van der Waals surface area contributed by atoms with Crippen LogP contribution in [0.15, 0.2) is 72.8 Å². The maximum absolute atomic E-state index is 15.5. The summed E-state index contributed by atoms with van der Waals surface area (Å²) in [6.45, 7) is 24.5. The summed E-state index contributed by atoms with van der Waals surface area (Å²) in [5, 5.41) is 10.1. The Hall–Kier alpha value is -6.10. The summed E-state index contributed by atoms with van der Waals surface area (Å²) in [7, 11) is 3.15. The number of amides is 3. The maximum Gasteiger partial charge on any atom is 0.410 e. The molecule has 0 bridgehead atoms. The van der Waals surface area contributed by atoms with E-state index in [1.807, 2.05) is 107 Å². The zero-order valence-electron chi connectivity index (χ0n) is 42.6. The lowest BCUT2D eigenvalue weighted by Crippen LogP contribution is -2.50. The Kier molecular flexibility index (Phi) is 14.3. The summed E-state index contributed by atoms with van der Waals surface area (Å²) < 4.78 is 22.3. The van der Waals surface area contributed by atoms with Gasteiger partial charge in [0.15, 0.2) is 0 Å². The highest BCUT2D eigenvalue weighted by Gasteiger charge is 2.47. The van der Waals surface area contributed by atoms with Crippen LogP contribution in [0, 0.1) is 25.2 Å². The van der Waals surface area contributed by atoms with Gasteiger partial charge in [-0.1, -0.05) is 65.8 Å². The van der Waals surface area contributed by atoms with Gasteiger partial charge in [-0.3, -0.25) is 14.5 Å². The van der Waals surface area contributed by atoms with Crippen molar-refractivity contribution in [3.05, 3.63) is 123 Å². The number of ether oxygens (including phenoxy) is 2. The lowest BCUT2D eigenvalue weighted by atomic mass is 9.89. The Labute approximate surface area is 404 Å². The van der Waals surface area contributed by atoms with E-state index in [-0.39, 0.29) is 17.9 Å². The second-order valence-corrected chi connectivity index (χ2v) is 26.0. The van der Waals surface area contributed by atoms with Crippen LogP contribution < -0.4 is 9.33 Å². The molecule has 2 aliphatic rings. The molecule has 0 fully saturated rings. The lowest BCUT2D eigenvalue weighted by Gasteiger charge is -2.42. The standard InChI is InChI=1S/C55H70N6O6Si/c1-34(2)68(35(3)4,36(5)6)67-46-21-19-43(20-22-46)61(50-28-44(30-56)57(12)38(50)8)53(63)47-29-51(58(13)37(47)7)48-26-40-23-24-59(54(64)66-55(9,10)11)31-42(40)27-49(48)52(62)60-32-41-18-16-15-17-39(41)25-45(60)33-65-14/h15-22,26-29,34-36,45H,23-25,31-33H2,1-14H3/t45-/m0/s1. The fourth-order valence-electron chi connectivity index (χ4n) is 10.7. The molecule has 13 heteroatoms. The molecule has 0 saturated carbocycles. The van der Waals surface area contributed by atoms with Crippen LogP contribution in [-0.4, -0.2) is 77.1 Å². The van der Waals surface area contributed by atoms with Gasteiger partial charge in [0.25, 0.3) is 20.1 Å². The molecule has 0 spiro atoms. The Balaban J connectivity index is 1.35. The van der Waals surface area contributed by atoms with Crippen molar-refractivity contribution in [1.82, 2.24) is 18.9 Å². The van der Waals surface area contributed by atoms with E-state index in [0.717, 1.165) is 28.1 Å². The smallest absolute Gasteiger partial charge is 0.410 e. The Morgan fingerprint density at radius 1 is 0.809 bits per heavy atom. The van der Waals surface area contributed by atoms with Crippen LogP contribution in [0.2, 0.25) is 16.6 Å². The van der Waals surface area contributed by atoms with Crippen molar-refractivity contribution >= 4 is 37.6 Å². The van der Waals surface area contributed by atoms with E-state index < -0.39 is 20.0 Å². The average molecular weight is 939 g/mol. The molecule has 5 aromatic rings. The molecule has 2 aromatic heterocycles. The molecule has 2 aliphatic heterocycles. The number of benzene rings is 3. The number of nitriles is 1. The first-order valence-electron chi connectivity index (χ1n) is 24.0. The highest BCUT2D eigenvalue weighted by atomic mass is 28.4. The summed E-state index contributed by atoms with van der Waals surface area (Å²) in [4.78, 5) is 49.5. The third-order valence-electron chi connectivity index (χ3n) is 14.4. The number of methoxy groups -OCH3 is 1. The van der Waals surface area contributed by atoms with E-state index in [4.69, 9.17) is 13.9 Å². The SMILES string of the molecule is COC[C@@H]1Cc2ccccc2CN1C(=O)c1cc2c(cc1-c1cc(C(=O)N(c3ccc(O[Si](C(C)C)(C(C)C)C(C)C)cc3)c3cc(C#N)n(C)c3C)c(C)n1C)CCN(C(=O)OC(C)(C)C)C2. The van der Waals surface area contributed by atoms with Gasteiger partial charge in [0.05, 0.1) is 23.9 Å². The number of anilines is 2. The maximum atomic E-state index is 15.5. The fraction of sp³-hybridized carbons (Fsp3) is 0.455. The van der Waals surface area contributed by atoms with Gasteiger partial charge < -0.3 is 32.8 Å². The molecular weight excluding hydrogens is 869 g/mol. The number of hydrogen-bond donors (Lipinski definition) is 0. The highest BCUT2D eigenvalue weighted by molar-refractivity contribution is 6.78.